The number of piperidine rings is 1. The molecule has 1 unspecified atom stereocenters. The SMILES string of the molecule is Cc1ccc(NC(=O)Cc2ccccc2)nc1N1CCCC(O)C1. The number of pyridine rings is 1. The van der Waals surface area contributed by atoms with Gasteiger partial charge in [-0.15, -0.1) is 0 Å². The third-order valence-electron chi connectivity index (χ3n) is 4.24. The number of aryl methyl sites for hydroxylation is 1. The highest BCUT2D eigenvalue weighted by Crippen LogP contribution is 2.23. The monoisotopic (exact) mass is 325 g/mol. The molecule has 0 aliphatic carbocycles. The van der Waals surface area contributed by atoms with Gasteiger partial charge in [0.2, 0.25) is 5.91 Å². The van der Waals surface area contributed by atoms with E-state index in [1.165, 1.54) is 0 Å². The minimum Gasteiger partial charge on any atom is -0.391 e. The molecule has 1 aromatic heterocycles. The number of aliphatic hydroxyl groups is 1. The second-order valence-electron chi connectivity index (χ2n) is 6.29. The van der Waals surface area contributed by atoms with Gasteiger partial charge in [-0.25, -0.2) is 4.98 Å². The third kappa shape index (κ3) is 4.11. The number of aliphatic hydroxyl groups excluding tert-OH is 1. The number of amides is 1. The fraction of sp³-hybridized carbons (Fsp3) is 0.368. The fourth-order valence-corrected chi connectivity index (χ4v) is 3.02. The molecule has 2 heterocycles. The van der Waals surface area contributed by atoms with Crippen molar-refractivity contribution in [1.29, 1.82) is 0 Å². The first-order valence-electron chi connectivity index (χ1n) is 8.36. The molecular formula is C19H23N3O2. The van der Waals surface area contributed by atoms with Crippen LogP contribution in [0.1, 0.15) is 24.0 Å². The van der Waals surface area contributed by atoms with Gasteiger partial charge in [0.25, 0.3) is 0 Å². The standard InChI is InChI=1S/C19H23N3O2/c1-14-9-10-17(20-18(24)12-15-6-3-2-4-7-15)21-19(14)22-11-5-8-16(23)13-22/h2-4,6-7,9-10,16,23H,5,8,11-13H2,1H3,(H,20,21,24). The van der Waals surface area contributed by atoms with Gasteiger partial charge < -0.3 is 15.3 Å². The molecule has 0 bridgehead atoms. The van der Waals surface area contributed by atoms with Crippen molar-refractivity contribution in [2.24, 2.45) is 0 Å². The van der Waals surface area contributed by atoms with Crippen LogP contribution in [0.15, 0.2) is 42.5 Å². The Hall–Kier alpha value is -2.40. The molecule has 1 aromatic carbocycles. The van der Waals surface area contributed by atoms with Crippen LogP contribution in [-0.2, 0) is 11.2 Å². The van der Waals surface area contributed by atoms with Gasteiger partial charge in [0.05, 0.1) is 12.5 Å². The summed E-state index contributed by atoms with van der Waals surface area (Å²) >= 11 is 0. The molecule has 3 rings (SSSR count). The molecule has 5 heteroatoms. The van der Waals surface area contributed by atoms with Crippen molar-refractivity contribution in [3.05, 3.63) is 53.6 Å². The molecule has 24 heavy (non-hydrogen) atoms. The zero-order valence-electron chi connectivity index (χ0n) is 13.9. The fourth-order valence-electron chi connectivity index (χ4n) is 3.02. The third-order valence-corrected chi connectivity index (χ3v) is 4.24. The van der Waals surface area contributed by atoms with Crippen molar-refractivity contribution in [1.82, 2.24) is 4.98 Å². The van der Waals surface area contributed by atoms with Gasteiger partial charge in [0, 0.05) is 13.1 Å². The number of carbonyl (C=O) groups excluding carboxylic acids is 1. The summed E-state index contributed by atoms with van der Waals surface area (Å²) in [6, 6.07) is 13.4. The maximum Gasteiger partial charge on any atom is 0.229 e. The highest BCUT2D eigenvalue weighted by atomic mass is 16.3. The topological polar surface area (TPSA) is 65.5 Å². The Balaban J connectivity index is 1.70. The molecular weight excluding hydrogens is 302 g/mol. The summed E-state index contributed by atoms with van der Waals surface area (Å²) in [7, 11) is 0. The highest BCUT2D eigenvalue weighted by Gasteiger charge is 2.20. The van der Waals surface area contributed by atoms with E-state index < -0.39 is 0 Å². The highest BCUT2D eigenvalue weighted by molar-refractivity contribution is 5.91. The van der Waals surface area contributed by atoms with Crippen LogP contribution in [-0.4, -0.2) is 35.2 Å². The van der Waals surface area contributed by atoms with E-state index in [0.29, 0.717) is 18.8 Å². The number of rotatable bonds is 4. The van der Waals surface area contributed by atoms with Crippen LogP contribution in [0, 0.1) is 6.92 Å². The number of carbonyl (C=O) groups is 1. The predicted molar refractivity (Wildman–Crippen MR) is 95.2 cm³/mol. The minimum atomic E-state index is -0.309. The van der Waals surface area contributed by atoms with Crippen LogP contribution in [0.4, 0.5) is 11.6 Å². The lowest BCUT2D eigenvalue weighted by Gasteiger charge is -2.32. The number of nitrogens with zero attached hydrogens (tertiary/aromatic N) is 2. The Morgan fingerprint density at radius 2 is 2.08 bits per heavy atom. The largest absolute Gasteiger partial charge is 0.391 e. The van der Waals surface area contributed by atoms with Gasteiger partial charge >= 0.3 is 0 Å². The van der Waals surface area contributed by atoms with Crippen LogP contribution >= 0.6 is 0 Å². The summed E-state index contributed by atoms with van der Waals surface area (Å²) in [4.78, 5) is 18.9. The number of anilines is 2. The maximum absolute atomic E-state index is 12.2. The zero-order chi connectivity index (χ0) is 16.9. The van der Waals surface area contributed by atoms with Gasteiger partial charge in [-0.05, 0) is 37.0 Å². The van der Waals surface area contributed by atoms with Crippen LogP contribution in [0.5, 0.6) is 0 Å². The van der Waals surface area contributed by atoms with Crippen LogP contribution in [0.2, 0.25) is 0 Å². The van der Waals surface area contributed by atoms with Crippen molar-refractivity contribution in [2.75, 3.05) is 23.3 Å². The molecule has 5 nitrogen and oxygen atoms in total. The number of aromatic nitrogens is 1. The van der Waals surface area contributed by atoms with E-state index in [1.54, 1.807) is 0 Å². The molecule has 2 N–H and O–H groups in total. The number of benzene rings is 1. The second kappa shape index (κ2) is 7.45. The minimum absolute atomic E-state index is 0.0813. The average Bonchev–Trinajstić information content (AvgIpc) is 2.57. The Bertz CT molecular complexity index is 703. The Morgan fingerprint density at radius 3 is 2.83 bits per heavy atom. The van der Waals surface area contributed by atoms with Crippen molar-refractivity contribution in [3.8, 4) is 0 Å². The predicted octanol–water partition coefficient (Wildman–Crippen LogP) is 2.53. The lowest BCUT2D eigenvalue weighted by Crippen LogP contribution is -2.39. The maximum atomic E-state index is 12.2. The zero-order valence-corrected chi connectivity index (χ0v) is 13.9. The van der Waals surface area contributed by atoms with Gasteiger partial charge in [-0.1, -0.05) is 36.4 Å². The summed E-state index contributed by atoms with van der Waals surface area (Å²) < 4.78 is 0. The summed E-state index contributed by atoms with van der Waals surface area (Å²) in [6.07, 6.45) is 1.81. The molecule has 1 atom stereocenters. The summed E-state index contributed by atoms with van der Waals surface area (Å²) in [5, 5.41) is 12.7. The molecule has 1 fully saturated rings. The molecule has 1 saturated heterocycles. The Morgan fingerprint density at radius 1 is 1.29 bits per heavy atom. The molecule has 126 valence electrons. The summed E-state index contributed by atoms with van der Waals surface area (Å²) in [5.41, 5.74) is 2.02. The molecule has 1 aliphatic rings. The number of hydrogen-bond donors (Lipinski definition) is 2. The molecule has 0 saturated carbocycles. The first-order valence-corrected chi connectivity index (χ1v) is 8.36. The van der Waals surface area contributed by atoms with E-state index in [2.05, 4.69) is 15.2 Å². The normalized spacial score (nSPS) is 17.6. The van der Waals surface area contributed by atoms with Gasteiger partial charge in [-0.2, -0.15) is 0 Å². The summed E-state index contributed by atoms with van der Waals surface area (Å²) in [5.74, 6) is 1.31. The lowest BCUT2D eigenvalue weighted by molar-refractivity contribution is -0.115. The van der Waals surface area contributed by atoms with Gasteiger partial charge in [0.15, 0.2) is 0 Å². The molecule has 0 radical (unpaired) electrons. The molecule has 1 amide bonds. The second-order valence-corrected chi connectivity index (χ2v) is 6.29. The van der Waals surface area contributed by atoms with Crippen LogP contribution < -0.4 is 10.2 Å². The molecule has 0 spiro atoms. The van der Waals surface area contributed by atoms with Gasteiger partial charge in [-0.3, -0.25) is 4.79 Å². The first-order chi connectivity index (χ1) is 11.6. The molecule has 2 aromatic rings. The van der Waals surface area contributed by atoms with E-state index in [-0.39, 0.29) is 12.0 Å². The number of β-amino-alcohol motifs (C(OH)–C–C–N with tert-alkyl or cyclic N) is 1. The average molecular weight is 325 g/mol. The van der Waals surface area contributed by atoms with Crippen molar-refractivity contribution < 1.29 is 9.90 Å². The van der Waals surface area contributed by atoms with E-state index >= 15 is 0 Å². The van der Waals surface area contributed by atoms with E-state index in [0.717, 1.165) is 36.3 Å². The first kappa shape index (κ1) is 16.5. The summed E-state index contributed by atoms with van der Waals surface area (Å²) in [6.45, 7) is 3.47. The molecule has 1 aliphatic heterocycles. The van der Waals surface area contributed by atoms with E-state index in [4.69, 9.17) is 0 Å². The quantitative estimate of drug-likeness (QED) is 0.906. The van der Waals surface area contributed by atoms with Crippen molar-refractivity contribution in [3.63, 3.8) is 0 Å². The van der Waals surface area contributed by atoms with E-state index in [9.17, 15) is 9.90 Å². The van der Waals surface area contributed by atoms with E-state index in [1.807, 2.05) is 49.4 Å². The number of hydrogen-bond acceptors (Lipinski definition) is 4. The lowest BCUT2D eigenvalue weighted by atomic mass is 10.1. The Kier molecular flexibility index (Phi) is 5.11. The smallest absolute Gasteiger partial charge is 0.229 e. The Labute approximate surface area is 142 Å². The van der Waals surface area contributed by atoms with Crippen molar-refractivity contribution in [2.45, 2.75) is 32.3 Å². The van der Waals surface area contributed by atoms with Gasteiger partial charge in [0.1, 0.15) is 11.6 Å². The number of nitrogens with one attached hydrogen (secondary N) is 1. The van der Waals surface area contributed by atoms with Crippen LogP contribution in [0.3, 0.4) is 0 Å². The van der Waals surface area contributed by atoms with Crippen LogP contribution in [0.25, 0.3) is 0 Å². The van der Waals surface area contributed by atoms with Crippen molar-refractivity contribution >= 4 is 17.5 Å².